The summed E-state index contributed by atoms with van der Waals surface area (Å²) < 4.78 is 75.4. The second kappa shape index (κ2) is 21.7. The minimum absolute atomic E-state index is 0. The van der Waals surface area contributed by atoms with Gasteiger partial charge in [-0.2, -0.15) is 0 Å². The zero-order chi connectivity index (χ0) is 27.2. The Morgan fingerprint density at radius 3 is 1.38 bits per heavy atom. The van der Waals surface area contributed by atoms with Crippen molar-refractivity contribution in [1.29, 1.82) is 0 Å². The van der Waals surface area contributed by atoms with Crippen LogP contribution < -0.4 is 0 Å². The number of rotatable bonds is 6. The van der Waals surface area contributed by atoms with Crippen LogP contribution in [0.1, 0.15) is 6.92 Å². The van der Waals surface area contributed by atoms with E-state index in [4.69, 9.17) is 4.65 Å². The fourth-order valence-corrected chi connectivity index (χ4v) is 4.32. The molecule has 15 heteroatoms. The maximum atomic E-state index is 10.5. The first kappa shape index (κ1) is 43.5. The molecule has 0 aliphatic heterocycles. The summed E-state index contributed by atoms with van der Waals surface area (Å²) in [4.78, 5) is 21.0. The molecule has 0 aromatic heterocycles. The van der Waals surface area contributed by atoms with Gasteiger partial charge in [-0.25, -0.2) is 9.59 Å². The van der Waals surface area contributed by atoms with E-state index < -0.39 is 19.7 Å². The summed E-state index contributed by atoms with van der Waals surface area (Å²) in [5.74, 6) is -1.11. The molecule has 0 amide bonds. The average Bonchev–Trinajstić information content (AvgIpc) is 3.24. The number of halogens is 6. The van der Waals surface area contributed by atoms with E-state index in [1.54, 1.807) is 6.92 Å². The van der Waals surface area contributed by atoms with Crippen LogP contribution in [0.25, 0.3) is 0 Å². The Hall–Kier alpha value is -0.542. The second-order valence-electron chi connectivity index (χ2n) is 6.14. The third-order valence-electron chi connectivity index (χ3n) is 2.39. The number of carbonyl (C=O) groups is 2. The molecular weight excluding hydrogens is 611 g/mol. The third kappa shape index (κ3) is 77.1. The molecule has 0 atom stereocenters. The fourth-order valence-electron chi connectivity index (χ4n) is 1.12. The molecule has 1 rings (SSSR count). The van der Waals surface area contributed by atoms with Gasteiger partial charge in [-0.1, -0.05) is 24.3 Å². The van der Waals surface area contributed by atoms with Crippen molar-refractivity contribution in [2.24, 2.45) is 0 Å². The van der Waals surface area contributed by atoms with Gasteiger partial charge < -0.3 is 9.47 Å². The van der Waals surface area contributed by atoms with Crippen molar-refractivity contribution < 1.29 is 70.0 Å². The first-order valence-corrected chi connectivity index (χ1v) is 15.8. The molecule has 0 bridgehead atoms. The number of allylic oxidation sites excluding steroid dienone is 4. The predicted octanol–water partition coefficient (Wildman–Crippen LogP) is 7.41. The predicted molar refractivity (Wildman–Crippen MR) is 125 cm³/mol. The number of ether oxygens (including phenoxy) is 2. The molecule has 0 N–H and O–H groups in total. The molecule has 0 aromatic carbocycles. The molecule has 5 nitrogen and oxygen atoms in total. The molecule has 1 radical (unpaired) electrons. The second-order valence-corrected chi connectivity index (χ2v) is 13.3. The molecule has 0 unspecified atom stereocenters. The van der Waals surface area contributed by atoms with Gasteiger partial charge in [-0.15, -0.1) is 15.8 Å². The summed E-state index contributed by atoms with van der Waals surface area (Å²) in [6.07, 6.45) is 15.0. The fraction of sp³-hybridized carbons (Fsp3) is 0.474. The molecular formula is C19H31F6MoO5P3-. The number of carbonyl (C=O) groups excluding carboxylic acids is 2. The van der Waals surface area contributed by atoms with Gasteiger partial charge in [0, 0.05) is 39.6 Å². The molecule has 0 saturated carbocycles. The van der Waals surface area contributed by atoms with Crippen LogP contribution in [-0.4, -0.2) is 64.6 Å². The molecule has 34 heavy (non-hydrogen) atoms. The topological polar surface area (TPSA) is 72.5 Å². The van der Waals surface area contributed by atoms with Crippen LogP contribution in [0, 0.1) is 13.1 Å². The molecule has 0 spiro atoms. The van der Waals surface area contributed by atoms with E-state index in [-0.39, 0.29) is 21.1 Å². The van der Waals surface area contributed by atoms with Crippen molar-refractivity contribution in [3.63, 3.8) is 0 Å². The van der Waals surface area contributed by atoms with E-state index in [2.05, 4.69) is 42.8 Å². The van der Waals surface area contributed by atoms with Gasteiger partial charge in [-0.05, 0) is 45.9 Å². The molecule has 0 heterocycles. The molecule has 1 aliphatic carbocycles. The average molecular weight is 642 g/mol. The molecule has 0 aromatic rings. The van der Waals surface area contributed by atoms with Crippen LogP contribution in [0.5, 0.6) is 0 Å². The molecule has 0 saturated heterocycles. The number of methoxy groups -OCH3 is 1. The van der Waals surface area contributed by atoms with E-state index in [9.17, 15) is 34.8 Å². The van der Waals surface area contributed by atoms with Gasteiger partial charge in [0.2, 0.25) is 0 Å². The van der Waals surface area contributed by atoms with E-state index in [0.29, 0.717) is 22.5 Å². The zero-order valence-electron chi connectivity index (χ0n) is 19.7. The SMILES string of the molecule is CCOC(=O)C=CC(=O)OC.CP(C)CCP(C)C.F[P-](F)(F)(F)(F)F.[C-]#[O+].[CH]1C=CC=C1.[Mo]. The Morgan fingerprint density at radius 1 is 0.853 bits per heavy atom. The summed E-state index contributed by atoms with van der Waals surface area (Å²) >= 11 is 0. The van der Waals surface area contributed by atoms with Gasteiger partial charge in [0.05, 0.1) is 13.7 Å². The monoisotopic (exact) mass is 644 g/mol. The Morgan fingerprint density at radius 2 is 1.18 bits per heavy atom. The van der Waals surface area contributed by atoms with Crippen molar-refractivity contribution in [3.05, 3.63) is 49.5 Å². The van der Waals surface area contributed by atoms with Crippen LogP contribution in [-0.2, 0) is 44.8 Å². The minimum Gasteiger partial charge on any atom is -0.0767 e. The van der Waals surface area contributed by atoms with Crippen molar-refractivity contribution in [2.75, 3.05) is 52.7 Å². The van der Waals surface area contributed by atoms with Crippen molar-refractivity contribution >= 4 is 35.6 Å². The molecule has 1 aliphatic rings. The summed E-state index contributed by atoms with van der Waals surface area (Å²) in [6.45, 7) is 15.9. The normalized spacial score (nSPS) is 13.2. The quantitative estimate of drug-likeness (QED) is 0.0576. The summed E-state index contributed by atoms with van der Waals surface area (Å²) in [5.41, 5.74) is 0. The molecule has 0 fully saturated rings. The zero-order valence-corrected chi connectivity index (χ0v) is 24.4. The smallest absolute Gasteiger partial charge is 0.00506 e. The summed E-state index contributed by atoms with van der Waals surface area (Å²) in [6, 6.07) is 0. The van der Waals surface area contributed by atoms with Crippen LogP contribution >= 0.6 is 23.7 Å². The first-order valence-electron chi connectivity index (χ1n) is 8.94. The first-order chi connectivity index (χ1) is 14.8. The third-order valence-corrected chi connectivity index (χ3v) is 4.98. The van der Waals surface area contributed by atoms with E-state index >= 15 is 0 Å². The number of hydrogen-bond acceptors (Lipinski definition) is 4. The maximum Gasteiger partial charge on any atom is 0.00506 e. The Labute approximate surface area is 214 Å². The molecule has 201 valence electrons. The van der Waals surface area contributed by atoms with Crippen LogP contribution in [0.2, 0.25) is 0 Å². The standard InChI is InChI=1S/C7H10O4.C6H16P2.C5H5.CO.F6P.Mo/c1-3-11-7(9)5-4-6(8)10-2;1-7(2)5-6-8(3)4;1-2-4-5-3-1;1-2;1-7(2,3,4,5)6;/h4-5H,3H2,1-2H3;5-6H2,1-4H3;1-5H;;;/q;;;;-1;. The summed E-state index contributed by atoms with van der Waals surface area (Å²) in [5, 5.41) is 0. The Bertz CT molecular complexity index is 620. The minimum atomic E-state index is -10.7. The van der Waals surface area contributed by atoms with Crippen molar-refractivity contribution in [2.45, 2.75) is 6.92 Å². The Balaban J connectivity index is -0.000000109. The van der Waals surface area contributed by atoms with Crippen LogP contribution in [0.15, 0.2) is 36.5 Å². The number of esters is 2. The van der Waals surface area contributed by atoms with Crippen LogP contribution in [0.3, 0.4) is 0 Å². The van der Waals surface area contributed by atoms with E-state index in [1.807, 2.05) is 30.7 Å². The van der Waals surface area contributed by atoms with Crippen molar-refractivity contribution in [3.8, 4) is 0 Å². The van der Waals surface area contributed by atoms with E-state index in [1.165, 1.54) is 19.4 Å². The summed E-state index contributed by atoms with van der Waals surface area (Å²) in [7, 11) is -8.66. The van der Waals surface area contributed by atoms with Gasteiger partial charge in [0.15, 0.2) is 0 Å². The van der Waals surface area contributed by atoms with Gasteiger partial charge in [0.25, 0.3) is 0 Å². The Kier molecular flexibility index (Phi) is 27.8. The van der Waals surface area contributed by atoms with Crippen molar-refractivity contribution in [1.82, 2.24) is 0 Å². The number of hydrogen-bond donors (Lipinski definition) is 0. The van der Waals surface area contributed by atoms with Gasteiger partial charge in [0.1, 0.15) is 0 Å². The largest absolute Gasteiger partial charge is 0.0767 e. The van der Waals surface area contributed by atoms with Crippen LogP contribution in [0.4, 0.5) is 25.2 Å². The maximum absolute atomic E-state index is 10.7. The van der Waals surface area contributed by atoms with Gasteiger partial charge in [-0.3, -0.25) is 0 Å². The van der Waals surface area contributed by atoms with E-state index in [0.717, 1.165) is 12.2 Å². The van der Waals surface area contributed by atoms with Gasteiger partial charge >= 0.3 is 56.2 Å².